The summed E-state index contributed by atoms with van der Waals surface area (Å²) in [4.78, 5) is 0. The van der Waals surface area contributed by atoms with Crippen LogP contribution < -0.4 is 0 Å². The molecule has 90 valence electrons. The maximum absolute atomic E-state index is 12.9. The molecule has 0 unspecified atom stereocenters. The SMILES string of the molecule is Cn1cccc1[C@@H](CCO)c1ccc(F)cc1. The maximum Gasteiger partial charge on any atom is 0.123 e. The summed E-state index contributed by atoms with van der Waals surface area (Å²) < 4.78 is 14.9. The molecule has 1 aromatic carbocycles. The molecule has 0 fully saturated rings. The van der Waals surface area contributed by atoms with Crippen molar-refractivity contribution >= 4 is 0 Å². The van der Waals surface area contributed by atoms with E-state index < -0.39 is 0 Å². The zero-order chi connectivity index (χ0) is 12.3. The Morgan fingerprint density at radius 2 is 1.94 bits per heavy atom. The number of rotatable bonds is 4. The molecular weight excluding hydrogens is 217 g/mol. The van der Waals surface area contributed by atoms with Crippen LogP contribution in [0.15, 0.2) is 42.6 Å². The van der Waals surface area contributed by atoms with Crippen LogP contribution in [0, 0.1) is 5.82 Å². The number of halogens is 1. The van der Waals surface area contributed by atoms with E-state index in [9.17, 15) is 4.39 Å². The van der Waals surface area contributed by atoms with Gasteiger partial charge in [0.1, 0.15) is 5.82 Å². The molecule has 3 heteroatoms. The zero-order valence-electron chi connectivity index (χ0n) is 9.81. The highest BCUT2D eigenvalue weighted by atomic mass is 19.1. The molecule has 1 atom stereocenters. The molecule has 0 saturated heterocycles. The third-order valence-corrected chi connectivity index (χ3v) is 3.03. The van der Waals surface area contributed by atoms with Gasteiger partial charge in [-0.25, -0.2) is 4.39 Å². The Hall–Kier alpha value is -1.61. The standard InChI is InChI=1S/C14H16FNO/c1-16-9-2-3-14(16)13(8-10-17)11-4-6-12(15)7-5-11/h2-7,9,13,17H,8,10H2,1H3/t13-/m0/s1. The average Bonchev–Trinajstić information content (AvgIpc) is 2.74. The van der Waals surface area contributed by atoms with E-state index >= 15 is 0 Å². The summed E-state index contributed by atoms with van der Waals surface area (Å²) >= 11 is 0. The van der Waals surface area contributed by atoms with Gasteiger partial charge in [0.2, 0.25) is 0 Å². The van der Waals surface area contributed by atoms with Gasteiger partial charge in [0.25, 0.3) is 0 Å². The van der Waals surface area contributed by atoms with Gasteiger partial charge in [0.15, 0.2) is 0 Å². The number of benzene rings is 1. The van der Waals surface area contributed by atoms with E-state index in [-0.39, 0.29) is 18.3 Å². The molecule has 1 aromatic heterocycles. The third-order valence-electron chi connectivity index (χ3n) is 3.03. The van der Waals surface area contributed by atoms with Crippen molar-refractivity contribution in [3.63, 3.8) is 0 Å². The molecule has 0 spiro atoms. The predicted octanol–water partition coefficient (Wildman–Crippen LogP) is 2.68. The average molecular weight is 233 g/mol. The number of aliphatic hydroxyl groups excluding tert-OH is 1. The summed E-state index contributed by atoms with van der Waals surface area (Å²) in [6.07, 6.45) is 2.62. The number of hydrogen-bond acceptors (Lipinski definition) is 1. The first-order valence-corrected chi connectivity index (χ1v) is 5.70. The molecule has 2 aromatic rings. The topological polar surface area (TPSA) is 25.2 Å². The third kappa shape index (κ3) is 2.56. The Morgan fingerprint density at radius 3 is 2.47 bits per heavy atom. The Balaban J connectivity index is 2.35. The monoisotopic (exact) mass is 233 g/mol. The van der Waals surface area contributed by atoms with Gasteiger partial charge in [0.05, 0.1) is 0 Å². The summed E-state index contributed by atoms with van der Waals surface area (Å²) in [7, 11) is 1.98. The summed E-state index contributed by atoms with van der Waals surface area (Å²) in [6.45, 7) is 0.118. The van der Waals surface area contributed by atoms with Crippen LogP contribution in [0.25, 0.3) is 0 Å². The molecule has 0 aliphatic rings. The molecule has 0 saturated carbocycles. The molecule has 2 rings (SSSR count). The molecule has 0 amide bonds. The minimum atomic E-state index is -0.233. The number of aryl methyl sites for hydroxylation is 1. The largest absolute Gasteiger partial charge is 0.396 e. The fraction of sp³-hybridized carbons (Fsp3) is 0.286. The molecule has 0 aliphatic carbocycles. The van der Waals surface area contributed by atoms with E-state index in [4.69, 9.17) is 5.11 Å². The predicted molar refractivity (Wildman–Crippen MR) is 65.4 cm³/mol. The highest BCUT2D eigenvalue weighted by molar-refractivity contribution is 5.29. The van der Waals surface area contributed by atoms with Crippen LogP contribution in [0.3, 0.4) is 0 Å². The minimum Gasteiger partial charge on any atom is -0.396 e. The van der Waals surface area contributed by atoms with E-state index in [2.05, 4.69) is 0 Å². The van der Waals surface area contributed by atoms with Crippen LogP contribution in [-0.4, -0.2) is 16.3 Å². The van der Waals surface area contributed by atoms with Crippen LogP contribution in [0.4, 0.5) is 4.39 Å². The van der Waals surface area contributed by atoms with Crippen molar-refractivity contribution in [1.82, 2.24) is 4.57 Å². The Labute approximate surface area is 100 Å². The summed E-state index contributed by atoms with van der Waals surface area (Å²) in [5.41, 5.74) is 2.16. The van der Waals surface area contributed by atoms with Gasteiger partial charge in [-0.1, -0.05) is 12.1 Å². The van der Waals surface area contributed by atoms with Crippen molar-refractivity contribution < 1.29 is 9.50 Å². The van der Waals surface area contributed by atoms with E-state index in [0.717, 1.165) is 11.3 Å². The van der Waals surface area contributed by atoms with Gasteiger partial charge in [-0.3, -0.25) is 0 Å². The first kappa shape index (κ1) is 11.9. The Bertz CT molecular complexity index is 475. The van der Waals surface area contributed by atoms with Gasteiger partial charge < -0.3 is 9.67 Å². The number of aromatic nitrogens is 1. The lowest BCUT2D eigenvalue weighted by Gasteiger charge is -2.17. The van der Waals surface area contributed by atoms with Gasteiger partial charge in [-0.05, 0) is 36.2 Å². The molecule has 2 nitrogen and oxygen atoms in total. The van der Waals surface area contributed by atoms with Crippen LogP contribution in [-0.2, 0) is 7.05 Å². The van der Waals surface area contributed by atoms with E-state index in [1.165, 1.54) is 12.1 Å². The second-order valence-electron chi connectivity index (χ2n) is 4.16. The van der Waals surface area contributed by atoms with Crippen molar-refractivity contribution in [2.24, 2.45) is 7.05 Å². The molecular formula is C14H16FNO. The summed E-state index contributed by atoms with van der Waals surface area (Å²) in [6, 6.07) is 10.5. The number of aliphatic hydroxyl groups is 1. The van der Waals surface area contributed by atoms with Crippen LogP contribution in [0.5, 0.6) is 0 Å². The highest BCUT2D eigenvalue weighted by Crippen LogP contribution is 2.27. The lowest BCUT2D eigenvalue weighted by Crippen LogP contribution is -2.08. The molecule has 0 aliphatic heterocycles. The van der Waals surface area contributed by atoms with Crippen molar-refractivity contribution in [2.75, 3.05) is 6.61 Å². The zero-order valence-corrected chi connectivity index (χ0v) is 9.81. The fourth-order valence-electron chi connectivity index (χ4n) is 2.15. The second-order valence-corrected chi connectivity index (χ2v) is 4.16. The Kier molecular flexibility index (Phi) is 3.59. The first-order valence-electron chi connectivity index (χ1n) is 5.70. The molecule has 1 heterocycles. The van der Waals surface area contributed by atoms with Crippen molar-refractivity contribution in [2.45, 2.75) is 12.3 Å². The minimum absolute atomic E-state index is 0.112. The van der Waals surface area contributed by atoms with Crippen LogP contribution in [0.2, 0.25) is 0 Å². The maximum atomic E-state index is 12.9. The van der Waals surface area contributed by atoms with Gasteiger partial charge in [0, 0.05) is 31.5 Å². The summed E-state index contributed by atoms with van der Waals surface area (Å²) in [5, 5.41) is 9.16. The fourth-order valence-corrected chi connectivity index (χ4v) is 2.15. The molecule has 1 N–H and O–H groups in total. The number of hydrogen-bond donors (Lipinski definition) is 1. The van der Waals surface area contributed by atoms with Crippen LogP contribution in [0.1, 0.15) is 23.6 Å². The lowest BCUT2D eigenvalue weighted by atomic mass is 9.93. The van der Waals surface area contributed by atoms with Crippen LogP contribution >= 0.6 is 0 Å². The van der Waals surface area contributed by atoms with Gasteiger partial charge in [-0.15, -0.1) is 0 Å². The molecule has 0 radical (unpaired) electrons. The van der Waals surface area contributed by atoms with E-state index in [1.54, 1.807) is 12.1 Å². The van der Waals surface area contributed by atoms with Gasteiger partial charge >= 0.3 is 0 Å². The summed E-state index contributed by atoms with van der Waals surface area (Å²) in [5.74, 6) is -0.121. The molecule has 17 heavy (non-hydrogen) atoms. The smallest absolute Gasteiger partial charge is 0.123 e. The second kappa shape index (κ2) is 5.15. The lowest BCUT2D eigenvalue weighted by molar-refractivity contribution is 0.280. The van der Waals surface area contributed by atoms with E-state index in [1.807, 2.05) is 29.9 Å². The first-order chi connectivity index (χ1) is 8.22. The molecule has 0 bridgehead atoms. The van der Waals surface area contributed by atoms with E-state index in [0.29, 0.717) is 6.42 Å². The van der Waals surface area contributed by atoms with Crippen molar-refractivity contribution in [3.05, 3.63) is 59.7 Å². The quantitative estimate of drug-likeness (QED) is 0.863. The van der Waals surface area contributed by atoms with Crippen molar-refractivity contribution in [3.8, 4) is 0 Å². The van der Waals surface area contributed by atoms with Crippen molar-refractivity contribution in [1.29, 1.82) is 0 Å². The highest BCUT2D eigenvalue weighted by Gasteiger charge is 2.15. The van der Waals surface area contributed by atoms with Gasteiger partial charge in [-0.2, -0.15) is 0 Å². The normalized spacial score (nSPS) is 12.6. The Morgan fingerprint density at radius 1 is 1.24 bits per heavy atom. The number of nitrogens with zero attached hydrogens (tertiary/aromatic N) is 1.